The fraction of sp³-hybridized carbons (Fsp3) is 0.705. The quantitative estimate of drug-likeness (QED) is 0.0287. The predicted octanol–water partition coefficient (Wildman–Crippen LogP) is 8.36. The number of ether oxygens (including phenoxy) is 4. The van der Waals surface area contributed by atoms with Crippen LogP contribution in [0.15, 0.2) is 60.8 Å². The molecule has 0 aromatic rings. The molecule has 1 rings (SSSR count). The molecule has 0 radical (unpaired) electrons. The van der Waals surface area contributed by atoms with Gasteiger partial charge in [0.25, 0.3) is 0 Å². The van der Waals surface area contributed by atoms with Crippen LogP contribution in [-0.2, 0) is 33.3 Å². The minimum atomic E-state index is -1.87. The lowest BCUT2D eigenvalue weighted by Crippen LogP contribution is -2.60. The van der Waals surface area contributed by atoms with Crippen molar-refractivity contribution < 1.29 is 53.8 Å². The zero-order chi connectivity index (χ0) is 40.4. The SMILES string of the molecule is CC/C=C\C/C=C\C/C=C\C/C=C\CCC(=O)OCC(COC1OC(C(=O)O)C(O)C(O)C1O)OC(=O)CCCCCCC/C=C\CCCCCCCCC. The lowest BCUT2D eigenvalue weighted by Gasteiger charge is -2.38. The van der Waals surface area contributed by atoms with Gasteiger partial charge in [0, 0.05) is 12.8 Å². The van der Waals surface area contributed by atoms with Crippen LogP contribution < -0.4 is 0 Å². The van der Waals surface area contributed by atoms with Gasteiger partial charge >= 0.3 is 17.9 Å². The van der Waals surface area contributed by atoms with Crippen molar-refractivity contribution in [3.8, 4) is 0 Å². The van der Waals surface area contributed by atoms with E-state index in [1.807, 2.05) is 12.2 Å². The zero-order valence-corrected chi connectivity index (χ0v) is 33.6. The molecule has 0 aromatic carbocycles. The van der Waals surface area contributed by atoms with Crippen LogP contribution in [0, 0.1) is 0 Å². The Balaban J connectivity index is 2.46. The summed E-state index contributed by atoms with van der Waals surface area (Å²) >= 11 is 0. The Hall–Kier alpha value is -3.09. The maximum atomic E-state index is 12.7. The number of aliphatic hydroxyl groups excluding tert-OH is 3. The van der Waals surface area contributed by atoms with Crippen molar-refractivity contribution in [3.63, 3.8) is 0 Å². The molecule has 0 bridgehead atoms. The first-order valence-corrected chi connectivity index (χ1v) is 20.8. The summed E-state index contributed by atoms with van der Waals surface area (Å²) in [5, 5.41) is 39.7. The summed E-state index contributed by atoms with van der Waals surface area (Å²) in [5.74, 6) is -2.57. The fourth-order valence-corrected chi connectivity index (χ4v) is 5.83. The third-order valence-electron chi connectivity index (χ3n) is 9.11. The predicted molar refractivity (Wildman–Crippen MR) is 215 cm³/mol. The summed E-state index contributed by atoms with van der Waals surface area (Å²) in [6.45, 7) is 3.60. The van der Waals surface area contributed by atoms with Gasteiger partial charge in [-0.2, -0.15) is 0 Å². The molecule has 4 N–H and O–H groups in total. The molecule has 1 aliphatic heterocycles. The van der Waals surface area contributed by atoms with Crippen molar-refractivity contribution in [1.82, 2.24) is 0 Å². The van der Waals surface area contributed by atoms with Crippen molar-refractivity contribution >= 4 is 17.9 Å². The minimum Gasteiger partial charge on any atom is -0.479 e. The number of carbonyl (C=O) groups is 3. The Kier molecular flexibility index (Phi) is 31.0. The molecule has 314 valence electrons. The third-order valence-corrected chi connectivity index (χ3v) is 9.11. The molecular formula is C44H72O11. The number of unbranched alkanes of at least 4 members (excludes halogenated alkanes) is 12. The van der Waals surface area contributed by atoms with Crippen molar-refractivity contribution in [2.75, 3.05) is 13.2 Å². The van der Waals surface area contributed by atoms with E-state index in [1.54, 1.807) is 0 Å². The number of carboxylic acids is 1. The lowest BCUT2D eigenvalue weighted by molar-refractivity contribution is -0.298. The number of hydrogen-bond donors (Lipinski definition) is 4. The van der Waals surface area contributed by atoms with Crippen LogP contribution in [0.25, 0.3) is 0 Å². The van der Waals surface area contributed by atoms with Gasteiger partial charge in [-0.1, -0.05) is 132 Å². The summed E-state index contributed by atoms with van der Waals surface area (Å²) in [6.07, 6.45) is 31.5. The minimum absolute atomic E-state index is 0.111. The molecule has 0 aliphatic carbocycles. The molecule has 0 aromatic heterocycles. The van der Waals surface area contributed by atoms with E-state index in [9.17, 15) is 34.8 Å². The number of allylic oxidation sites excluding steroid dienone is 10. The molecule has 1 heterocycles. The second kappa shape index (κ2) is 34.2. The summed E-state index contributed by atoms with van der Waals surface area (Å²) in [7, 11) is 0. The summed E-state index contributed by atoms with van der Waals surface area (Å²) in [5.41, 5.74) is 0. The molecule has 11 heteroatoms. The Morgan fingerprint density at radius 2 is 1.11 bits per heavy atom. The summed E-state index contributed by atoms with van der Waals surface area (Å²) < 4.78 is 21.6. The van der Waals surface area contributed by atoms with Gasteiger partial charge in [-0.3, -0.25) is 9.59 Å². The summed E-state index contributed by atoms with van der Waals surface area (Å²) in [4.78, 5) is 36.7. The molecular weight excluding hydrogens is 704 g/mol. The number of rotatable bonds is 33. The van der Waals surface area contributed by atoms with Crippen LogP contribution in [0.4, 0.5) is 0 Å². The Morgan fingerprint density at radius 1 is 0.582 bits per heavy atom. The van der Waals surface area contributed by atoms with Crippen molar-refractivity contribution in [1.29, 1.82) is 0 Å². The molecule has 1 saturated heterocycles. The van der Waals surface area contributed by atoms with Gasteiger partial charge in [0.15, 0.2) is 18.5 Å². The highest BCUT2D eigenvalue weighted by atomic mass is 16.7. The maximum Gasteiger partial charge on any atom is 0.335 e. The lowest BCUT2D eigenvalue weighted by atomic mass is 9.99. The Morgan fingerprint density at radius 3 is 1.69 bits per heavy atom. The van der Waals surface area contributed by atoms with Crippen molar-refractivity contribution in [2.24, 2.45) is 0 Å². The highest BCUT2D eigenvalue weighted by Crippen LogP contribution is 2.23. The normalized spacial score (nSPS) is 21.1. The molecule has 55 heavy (non-hydrogen) atoms. The standard InChI is InChI=1S/C44H72O11/c1-3-5-7-9-11-13-15-17-18-19-21-23-25-27-29-31-33-38(46)54-36(35-53-44-41(49)39(47)40(48)42(55-44)43(50)51)34-52-37(45)32-30-28-26-24-22-20-16-14-12-10-8-6-4-2/h6,8,12,14,18-20,22,26,28,36,39-42,44,47-49H,3-5,7,9-11,13,15-17,21,23-25,27,29-35H2,1-2H3,(H,50,51)/b8-6-,14-12-,19-18-,22-20-,28-26-. The number of aliphatic carboxylic acids is 1. The molecule has 6 atom stereocenters. The van der Waals surface area contributed by atoms with Crippen LogP contribution in [0.1, 0.15) is 149 Å². The number of aliphatic hydroxyl groups is 3. The van der Waals surface area contributed by atoms with Crippen LogP contribution >= 0.6 is 0 Å². The summed E-state index contributed by atoms with van der Waals surface area (Å²) in [6, 6.07) is 0. The monoisotopic (exact) mass is 777 g/mol. The molecule has 0 saturated carbocycles. The molecule has 11 nitrogen and oxygen atoms in total. The van der Waals surface area contributed by atoms with Gasteiger partial charge in [-0.15, -0.1) is 0 Å². The Labute approximate surface area is 330 Å². The largest absolute Gasteiger partial charge is 0.479 e. The Bertz CT molecular complexity index is 1140. The smallest absolute Gasteiger partial charge is 0.335 e. The number of hydrogen-bond acceptors (Lipinski definition) is 10. The fourth-order valence-electron chi connectivity index (χ4n) is 5.83. The molecule has 1 fully saturated rings. The number of carbonyl (C=O) groups excluding carboxylic acids is 2. The first kappa shape index (κ1) is 49.9. The van der Waals surface area contributed by atoms with Gasteiger partial charge in [-0.05, 0) is 64.2 Å². The maximum absolute atomic E-state index is 12.7. The average molecular weight is 777 g/mol. The van der Waals surface area contributed by atoms with E-state index in [-0.39, 0.29) is 19.4 Å². The van der Waals surface area contributed by atoms with E-state index >= 15 is 0 Å². The van der Waals surface area contributed by atoms with Crippen LogP contribution in [0.5, 0.6) is 0 Å². The second-order valence-electron chi connectivity index (χ2n) is 14.1. The molecule has 0 amide bonds. The van der Waals surface area contributed by atoms with E-state index in [0.29, 0.717) is 12.8 Å². The van der Waals surface area contributed by atoms with Crippen LogP contribution in [0.3, 0.4) is 0 Å². The topological polar surface area (TPSA) is 169 Å². The molecule has 6 unspecified atom stereocenters. The van der Waals surface area contributed by atoms with Crippen molar-refractivity contribution in [3.05, 3.63) is 60.8 Å². The number of esters is 2. The van der Waals surface area contributed by atoms with E-state index in [0.717, 1.165) is 64.2 Å². The van der Waals surface area contributed by atoms with Gasteiger partial charge in [0.2, 0.25) is 0 Å². The van der Waals surface area contributed by atoms with E-state index in [1.165, 1.54) is 44.9 Å². The van der Waals surface area contributed by atoms with Gasteiger partial charge in [-0.25, -0.2) is 4.79 Å². The van der Waals surface area contributed by atoms with E-state index in [4.69, 9.17) is 18.9 Å². The second-order valence-corrected chi connectivity index (χ2v) is 14.1. The van der Waals surface area contributed by atoms with Crippen LogP contribution in [0.2, 0.25) is 0 Å². The third kappa shape index (κ3) is 26.4. The average Bonchev–Trinajstić information content (AvgIpc) is 3.17. The molecule has 1 aliphatic rings. The molecule has 0 spiro atoms. The number of carboxylic acid groups (broad SMARTS) is 1. The van der Waals surface area contributed by atoms with E-state index in [2.05, 4.69) is 62.5 Å². The van der Waals surface area contributed by atoms with Crippen LogP contribution in [-0.4, -0.2) is 88.4 Å². The zero-order valence-electron chi connectivity index (χ0n) is 33.6. The van der Waals surface area contributed by atoms with Crippen molar-refractivity contribution in [2.45, 2.75) is 185 Å². The first-order chi connectivity index (χ1) is 26.7. The first-order valence-electron chi connectivity index (χ1n) is 20.8. The highest BCUT2D eigenvalue weighted by Gasteiger charge is 2.47. The van der Waals surface area contributed by atoms with E-state index < -0.39 is 61.3 Å². The highest BCUT2D eigenvalue weighted by molar-refractivity contribution is 5.73. The van der Waals surface area contributed by atoms with Gasteiger partial charge in [0.05, 0.1) is 6.61 Å². The van der Waals surface area contributed by atoms with Gasteiger partial charge in [0.1, 0.15) is 24.9 Å². The van der Waals surface area contributed by atoms with Gasteiger partial charge < -0.3 is 39.4 Å².